The number of H-pyrrole nitrogens is 1. The Labute approximate surface area is 659 Å². The Morgan fingerprint density at radius 1 is 0.407 bits per heavy atom. The Morgan fingerprint density at radius 2 is 0.761 bits per heavy atom. The van der Waals surface area contributed by atoms with E-state index in [2.05, 4.69) is 78.4 Å². The number of phenolic OH excluding ortho intramolecular Hbond substituents is 1. The van der Waals surface area contributed by atoms with E-state index in [0.29, 0.717) is 73.4 Å². The van der Waals surface area contributed by atoms with Gasteiger partial charge in [0.25, 0.3) is 0 Å². The molecule has 0 spiro atoms. The molecule has 1 aromatic heterocycles. The third-order valence-corrected chi connectivity index (χ3v) is 18.6. The Kier molecular flexibility index (Phi) is 43.9. The molecule has 12 amide bonds. The van der Waals surface area contributed by atoms with Gasteiger partial charge in [-0.15, -0.1) is 0 Å². The highest BCUT2D eigenvalue weighted by Crippen LogP contribution is 2.21. The molecule has 0 saturated carbocycles. The molecule has 0 radical (unpaired) electrons. The number of aromatic hydroxyl groups is 1. The summed E-state index contributed by atoms with van der Waals surface area (Å²) in [5.74, 6) is -11.1. The first-order valence-electron chi connectivity index (χ1n) is 38.6. The number of hydrogen-bond acceptors (Lipinski definition) is 20. The molecular weight excluding hydrogens is 1460 g/mol. The topological polar surface area (TPSA) is 696 Å². The van der Waals surface area contributed by atoms with E-state index in [1.165, 1.54) is 38.1 Å². The number of phenols is 1. The number of nitrogens with one attached hydrogen (secondary N) is 12. The maximum absolute atomic E-state index is 15.0. The van der Waals surface area contributed by atoms with Crippen LogP contribution in [-0.4, -0.2) is 211 Å². The number of amides is 12. The predicted octanol–water partition coefficient (Wildman–Crippen LogP) is -4.52. The van der Waals surface area contributed by atoms with Gasteiger partial charge in [0.1, 0.15) is 72.2 Å². The van der Waals surface area contributed by atoms with Crippen LogP contribution in [0.3, 0.4) is 0 Å². The number of rotatable bonds is 55. The van der Waals surface area contributed by atoms with E-state index in [-0.39, 0.29) is 139 Å². The molecule has 13 atom stereocenters. The van der Waals surface area contributed by atoms with Crippen molar-refractivity contribution in [3.8, 4) is 5.75 Å². The number of primary amides is 1. The van der Waals surface area contributed by atoms with E-state index in [9.17, 15) is 57.8 Å². The molecule has 113 heavy (non-hydrogen) atoms. The number of unbranched alkanes of at least 4 members (excludes halogenated alkanes) is 3. The number of fused-ring (bicyclic) bond motifs is 1. The molecule has 0 bridgehead atoms. The summed E-state index contributed by atoms with van der Waals surface area (Å²) < 4.78 is 0. The number of nitrogens with two attached hydrogens (primary N) is 11. The van der Waals surface area contributed by atoms with Crippen molar-refractivity contribution in [1.82, 2.24) is 63.5 Å². The number of guanidine groups is 3. The Bertz CT molecular complexity index is 3640. The molecule has 0 aliphatic rings. The second-order valence-electron chi connectivity index (χ2n) is 28.6. The number of aliphatic imine (C=N–C) groups is 3. The first kappa shape index (κ1) is 96.3. The van der Waals surface area contributed by atoms with Gasteiger partial charge in [0.05, 0.1) is 6.04 Å². The van der Waals surface area contributed by atoms with Crippen LogP contribution in [0.4, 0.5) is 0 Å². The molecular formula is C74H126N26O13. The van der Waals surface area contributed by atoms with E-state index in [1.807, 2.05) is 13.8 Å². The summed E-state index contributed by atoms with van der Waals surface area (Å²) in [6.45, 7) is 10.9. The number of hydrogen-bond donors (Lipinski definition) is 24. The van der Waals surface area contributed by atoms with Crippen LogP contribution in [0.15, 0.2) is 69.7 Å². The first-order valence-corrected chi connectivity index (χ1v) is 38.6. The first-order chi connectivity index (χ1) is 53.6. The highest BCUT2D eigenvalue weighted by atomic mass is 16.3. The predicted molar refractivity (Wildman–Crippen MR) is 431 cm³/mol. The lowest BCUT2D eigenvalue weighted by atomic mass is 9.96. The van der Waals surface area contributed by atoms with E-state index in [1.54, 1.807) is 44.3 Å². The van der Waals surface area contributed by atoms with Gasteiger partial charge in [0.2, 0.25) is 70.9 Å². The van der Waals surface area contributed by atoms with Gasteiger partial charge < -0.3 is 132 Å². The van der Waals surface area contributed by atoms with Gasteiger partial charge in [-0.25, -0.2) is 0 Å². The fourth-order valence-corrected chi connectivity index (χ4v) is 12.0. The average molecular weight is 1590 g/mol. The van der Waals surface area contributed by atoms with E-state index in [4.69, 9.17) is 63.1 Å². The molecule has 39 nitrogen and oxygen atoms in total. The molecule has 1 heterocycles. The minimum absolute atomic E-state index is 0.0169. The number of para-hydroxylation sites is 1. The fraction of sp³-hybridized carbons (Fsp3) is 0.608. The van der Waals surface area contributed by atoms with Crippen LogP contribution < -0.4 is 122 Å². The second kappa shape index (κ2) is 51.6. The van der Waals surface area contributed by atoms with Gasteiger partial charge in [-0.05, 0) is 177 Å². The molecule has 0 fully saturated rings. The van der Waals surface area contributed by atoms with E-state index in [0.717, 1.165) is 0 Å². The normalized spacial score (nSPS) is 14.6. The van der Waals surface area contributed by atoms with Gasteiger partial charge >= 0.3 is 0 Å². The maximum atomic E-state index is 15.0. The zero-order chi connectivity index (χ0) is 84.3. The van der Waals surface area contributed by atoms with Crippen molar-refractivity contribution in [2.24, 2.45) is 89.9 Å². The molecule has 0 aliphatic heterocycles. The van der Waals surface area contributed by atoms with Crippen LogP contribution in [0.2, 0.25) is 0 Å². The third-order valence-electron chi connectivity index (χ3n) is 18.6. The van der Waals surface area contributed by atoms with Crippen molar-refractivity contribution < 1.29 is 62.6 Å². The average Bonchev–Trinajstić information content (AvgIpc) is 1.70. The second-order valence-corrected chi connectivity index (χ2v) is 28.6. The molecule has 630 valence electrons. The summed E-state index contributed by atoms with van der Waals surface area (Å²) in [6.07, 6.45) is 4.60. The highest BCUT2D eigenvalue weighted by molar-refractivity contribution is 6.00. The molecule has 39 heteroatoms. The van der Waals surface area contributed by atoms with Crippen LogP contribution >= 0.6 is 0 Å². The number of nitrogens with zero attached hydrogens (tertiary/aromatic N) is 3. The number of carbonyl (C=O) groups is 12. The zero-order valence-corrected chi connectivity index (χ0v) is 66.0. The molecule has 35 N–H and O–H groups in total. The van der Waals surface area contributed by atoms with Crippen LogP contribution in [-0.2, 0) is 70.4 Å². The van der Waals surface area contributed by atoms with Crippen LogP contribution in [0.25, 0.3) is 10.9 Å². The fourth-order valence-electron chi connectivity index (χ4n) is 12.0. The lowest BCUT2D eigenvalue weighted by Crippen LogP contribution is -2.61. The van der Waals surface area contributed by atoms with Crippen molar-refractivity contribution in [1.29, 1.82) is 0 Å². The number of benzene rings is 2. The highest BCUT2D eigenvalue weighted by Gasteiger charge is 2.38. The Morgan fingerprint density at radius 3 is 1.18 bits per heavy atom. The summed E-state index contributed by atoms with van der Waals surface area (Å²) in [5.41, 5.74) is 64.3. The molecule has 0 unspecified atom stereocenters. The van der Waals surface area contributed by atoms with Crippen molar-refractivity contribution in [2.45, 2.75) is 236 Å². The minimum Gasteiger partial charge on any atom is -0.508 e. The third kappa shape index (κ3) is 36.4. The summed E-state index contributed by atoms with van der Waals surface area (Å²) in [4.78, 5) is 186. The number of carbonyl (C=O) groups excluding carboxylic acids is 12. The lowest BCUT2D eigenvalue weighted by molar-refractivity contribution is -0.136. The minimum atomic E-state index is -1.53. The SMILES string of the molecule is CC[C@H](C)[C@H](NC(=O)[C@H](CCCCN)NC(=O)[C@H](CCCCN)NC(=O)[C@H](C)NC(=O)[C@@H](N)CC(C)C)C(=O)N[C@@H](Cc1ccc(O)cc1)C(=O)N[C@@H](CCCN=C(N)N)C(=O)N[C@@H](C)C(=O)N[C@@H](Cc1c[nH]c2ccccc12)C(=O)N[C@@H](CCCCN)C(=O)N[C@@H](CCCN=C(N)N)C(=O)N[C@@H](CCCN=C(N)N)C(N)=O. The van der Waals surface area contributed by atoms with Crippen molar-refractivity contribution in [3.05, 3.63) is 65.9 Å². The molecule has 2 aromatic carbocycles. The molecule has 0 saturated heterocycles. The Hall–Kier alpha value is -10.9. The van der Waals surface area contributed by atoms with Gasteiger partial charge in [-0.1, -0.05) is 64.4 Å². The summed E-state index contributed by atoms with van der Waals surface area (Å²) in [7, 11) is 0. The smallest absolute Gasteiger partial charge is 0.243 e. The van der Waals surface area contributed by atoms with E-state index >= 15 is 4.79 Å². The van der Waals surface area contributed by atoms with Crippen LogP contribution in [0.1, 0.15) is 162 Å². The summed E-state index contributed by atoms with van der Waals surface area (Å²) in [6, 6.07) is -2.93. The Balaban J connectivity index is 2.05. The summed E-state index contributed by atoms with van der Waals surface area (Å²) in [5, 5.41) is 40.7. The van der Waals surface area contributed by atoms with Crippen molar-refractivity contribution in [3.63, 3.8) is 0 Å². The number of aromatic amines is 1. The lowest BCUT2D eigenvalue weighted by Gasteiger charge is -2.30. The quantitative estimate of drug-likeness (QED) is 0.0144. The van der Waals surface area contributed by atoms with Crippen molar-refractivity contribution >= 4 is 99.7 Å². The standard InChI is InChI=1S/C74H126N26O13/c1-7-42(4)59(100-68(110)54(23-12-15-33-77)94-66(108)52(21-10-13-31-75)93-61(103)43(5)90-63(105)49(78)37-41(2)3)71(113)99-57(38-45-27-29-47(101)30-28-45)69(111)97-55(25-17-35-87-73(82)83)64(106)91-44(6)62(104)98-58(39-46-40-89-50-20-9-8-19-48(46)50)70(112)96-53(22-11-14-32-76)67(109)95-56(26-18-36-88-74(84)85)65(107)92-51(60(79)102)24-16-34-86-72(80)81/h8-9,19-20,27-30,40-44,49,51-59,89,101H,7,10-18,21-26,31-39,75-78H2,1-6H3,(H2,79,102)(H,90,105)(H,91,106)(H,92,107)(H,93,103)(H,94,108)(H,95,109)(H,96,112)(H,97,111)(H,98,104)(H,99,113)(H,100,110)(H4,80,81,86)(H4,82,83,87)(H4,84,85,88)/t42-,43-,44-,49-,51-,52-,53-,54-,55-,56-,57-,58-,59-/m0/s1. The van der Waals surface area contributed by atoms with Gasteiger partial charge in [-0.3, -0.25) is 72.5 Å². The van der Waals surface area contributed by atoms with Crippen molar-refractivity contribution in [2.75, 3.05) is 39.3 Å². The monoisotopic (exact) mass is 1590 g/mol. The van der Waals surface area contributed by atoms with Gasteiger partial charge in [-0.2, -0.15) is 0 Å². The largest absolute Gasteiger partial charge is 0.508 e. The molecule has 0 aliphatic carbocycles. The number of aromatic nitrogens is 1. The van der Waals surface area contributed by atoms with Gasteiger partial charge in [0, 0.05) is 49.6 Å². The van der Waals surface area contributed by atoms with Crippen LogP contribution in [0, 0.1) is 11.8 Å². The van der Waals surface area contributed by atoms with E-state index < -0.39 is 149 Å². The van der Waals surface area contributed by atoms with Gasteiger partial charge in [0.15, 0.2) is 17.9 Å². The zero-order valence-electron chi connectivity index (χ0n) is 66.0. The molecule has 3 rings (SSSR count). The summed E-state index contributed by atoms with van der Waals surface area (Å²) >= 11 is 0. The molecule has 3 aromatic rings. The van der Waals surface area contributed by atoms with Crippen LogP contribution in [0.5, 0.6) is 5.75 Å². The maximum Gasteiger partial charge on any atom is 0.243 e.